The minimum atomic E-state index is -3.79. The Labute approximate surface area is 172 Å². The lowest BCUT2D eigenvalue weighted by Crippen LogP contribution is -2.05. The van der Waals surface area contributed by atoms with E-state index in [4.69, 9.17) is 0 Å². The number of ketones is 1. The zero-order valence-corrected chi connectivity index (χ0v) is 16.6. The predicted octanol–water partition coefficient (Wildman–Crippen LogP) is 3.48. The third kappa shape index (κ3) is 3.71. The summed E-state index contributed by atoms with van der Waals surface area (Å²) in [6.45, 7) is 0. The highest BCUT2D eigenvalue weighted by Gasteiger charge is 2.21. The van der Waals surface area contributed by atoms with Crippen LogP contribution >= 0.6 is 0 Å². The largest absolute Gasteiger partial charge is 0.294 e. The van der Waals surface area contributed by atoms with Gasteiger partial charge in [0.2, 0.25) is 9.84 Å². The molecule has 0 fully saturated rings. The highest BCUT2D eigenvalue weighted by molar-refractivity contribution is 7.91. The number of carbonyl (C=O) groups is 1. The number of aryl methyl sites for hydroxylation is 1. The maximum absolute atomic E-state index is 12.8. The molecule has 0 unspecified atom stereocenters. The zero-order valence-electron chi connectivity index (χ0n) is 15.7. The molecule has 2 aromatic carbocycles. The fourth-order valence-corrected chi connectivity index (χ4v) is 4.56. The molecule has 2 aromatic heterocycles. The van der Waals surface area contributed by atoms with Crippen LogP contribution in [0.5, 0.6) is 0 Å². The first-order chi connectivity index (χ1) is 14.5. The molecule has 0 aliphatic carbocycles. The maximum atomic E-state index is 12.8. The van der Waals surface area contributed by atoms with Crippen molar-refractivity contribution in [2.75, 3.05) is 0 Å². The van der Waals surface area contributed by atoms with Crippen molar-refractivity contribution in [1.82, 2.24) is 15.2 Å². The van der Waals surface area contributed by atoms with Crippen molar-refractivity contribution in [2.24, 2.45) is 0 Å². The fraction of sp³-hybridized carbons (Fsp3) is 0.0909. The average Bonchev–Trinajstić information content (AvgIpc) is 3.25. The van der Waals surface area contributed by atoms with Gasteiger partial charge in [-0.25, -0.2) is 13.4 Å². The summed E-state index contributed by atoms with van der Waals surface area (Å²) in [5, 5.41) is 16.6. The summed E-state index contributed by atoms with van der Waals surface area (Å²) in [7, 11) is -3.79. The molecular weight excluding hydrogens is 400 g/mol. The van der Waals surface area contributed by atoms with E-state index in [1.165, 1.54) is 30.5 Å². The van der Waals surface area contributed by atoms with Crippen molar-refractivity contribution in [1.29, 1.82) is 5.26 Å². The monoisotopic (exact) mass is 416 g/mol. The molecule has 0 atom stereocenters. The molecule has 30 heavy (non-hydrogen) atoms. The second-order valence-electron chi connectivity index (χ2n) is 6.71. The molecule has 0 aliphatic rings. The van der Waals surface area contributed by atoms with E-state index in [2.05, 4.69) is 15.2 Å². The molecule has 4 aromatic rings. The number of benzene rings is 2. The molecule has 0 aliphatic heterocycles. The Morgan fingerprint density at radius 1 is 1.07 bits per heavy atom. The highest BCUT2D eigenvalue weighted by Crippen LogP contribution is 2.24. The number of hydrogen-bond acceptors (Lipinski definition) is 6. The van der Waals surface area contributed by atoms with Gasteiger partial charge in [0, 0.05) is 23.6 Å². The van der Waals surface area contributed by atoms with Crippen molar-refractivity contribution < 1.29 is 13.2 Å². The molecule has 2 heterocycles. The van der Waals surface area contributed by atoms with Crippen LogP contribution in [0.1, 0.15) is 27.9 Å². The third-order valence-electron chi connectivity index (χ3n) is 4.78. The van der Waals surface area contributed by atoms with Gasteiger partial charge in [-0.05, 0) is 42.3 Å². The number of Topliss-reactive ketones (excluding diaryl/α,β-unsaturated/α-hetero) is 1. The Morgan fingerprint density at radius 2 is 1.83 bits per heavy atom. The number of H-pyrrole nitrogens is 1. The van der Waals surface area contributed by atoms with E-state index in [1.54, 1.807) is 36.5 Å². The van der Waals surface area contributed by atoms with Crippen LogP contribution in [0.15, 0.2) is 76.8 Å². The molecule has 0 spiro atoms. The summed E-state index contributed by atoms with van der Waals surface area (Å²) in [6.07, 6.45) is 3.87. The SMILES string of the molecule is N#Cc1ccccc1S(=O)(=O)c1ccc(CCC(=O)c2cnc3[nH]ncc3c2)cc1. The summed E-state index contributed by atoms with van der Waals surface area (Å²) in [5.74, 6) is -0.0507. The number of carbonyl (C=O) groups excluding carboxylic acids is 1. The summed E-state index contributed by atoms with van der Waals surface area (Å²) in [6, 6.07) is 16.1. The van der Waals surface area contributed by atoms with Gasteiger partial charge in [-0.3, -0.25) is 9.89 Å². The zero-order chi connectivity index (χ0) is 21.1. The lowest BCUT2D eigenvalue weighted by molar-refractivity contribution is 0.0982. The van der Waals surface area contributed by atoms with Gasteiger partial charge in [0.15, 0.2) is 11.4 Å². The Hall–Kier alpha value is -3.83. The van der Waals surface area contributed by atoms with E-state index in [0.717, 1.165) is 10.9 Å². The molecule has 8 heteroatoms. The lowest BCUT2D eigenvalue weighted by Gasteiger charge is -2.07. The van der Waals surface area contributed by atoms with Crippen LogP contribution in [0.4, 0.5) is 0 Å². The summed E-state index contributed by atoms with van der Waals surface area (Å²) < 4.78 is 25.7. The summed E-state index contributed by atoms with van der Waals surface area (Å²) in [4.78, 5) is 16.7. The average molecular weight is 416 g/mol. The first kappa shape index (κ1) is 19.5. The Morgan fingerprint density at radius 3 is 2.60 bits per heavy atom. The maximum Gasteiger partial charge on any atom is 0.207 e. The van der Waals surface area contributed by atoms with Crippen LogP contribution < -0.4 is 0 Å². The van der Waals surface area contributed by atoms with Gasteiger partial charge in [0.25, 0.3) is 0 Å². The van der Waals surface area contributed by atoms with Gasteiger partial charge >= 0.3 is 0 Å². The number of pyridine rings is 1. The van der Waals surface area contributed by atoms with Crippen molar-refractivity contribution in [3.05, 3.63) is 83.7 Å². The minimum Gasteiger partial charge on any atom is -0.294 e. The number of nitriles is 1. The Bertz CT molecular complexity index is 1380. The molecule has 7 nitrogen and oxygen atoms in total. The fourth-order valence-electron chi connectivity index (χ4n) is 3.15. The van der Waals surface area contributed by atoms with Crippen LogP contribution in [0.25, 0.3) is 11.0 Å². The van der Waals surface area contributed by atoms with E-state index >= 15 is 0 Å². The molecule has 148 valence electrons. The molecule has 0 saturated carbocycles. The van der Waals surface area contributed by atoms with Crippen LogP contribution in [0.2, 0.25) is 0 Å². The van der Waals surface area contributed by atoms with Gasteiger partial charge in [0.05, 0.1) is 21.6 Å². The van der Waals surface area contributed by atoms with E-state index in [-0.39, 0.29) is 27.6 Å². The number of rotatable bonds is 6. The topological polar surface area (TPSA) is 117 Å². The van der Waals surface area contributed by atoms with Crippen molar-refractivity contribution in [3.63, 3.8) is 0 Å². The first-order valence-corrected chi connectivity index (χ1v) is 10.6. The molecular formula is C22H16N4O3S. The first-order valence-electron chi connectivity index (χ1n) is 9.14. The van der Waals surface area contributed by atoms with Crippen LogP contribution in [-0.2, 0) is 16.3 Å². The third-order valence-corrected chi connectivity index (χ3v) is 6.61. The molecule has 4 rings (SSSR count). The normalized spacial score (nSPS) is 11.3. The lowest BCUT2D eigenvalue weighted by atomic mass is 10.0. The number of aromatic amines is 1. The van der Waals surface area contributed by atoms with Gasteiger partial charge in [0.1, 0.15) is 6.07 Å². The number of aromatic nitrogens is 3. The van der Waals surface area contributed by atoms with Gasteiger partial charge in [-0.15, -0.1) is 0 Å². The number of nitrogens with zero attached hydrogens (tertiary/aromatic N) is 3. The van der Waals surface area contributed by atoms with Gasteiger partial charge in [-0.1, -0.05) is 24.3 Å². The summed E-state index contributed by atoms with van der Waals surface area (Å²) in [5.41, 5.74) is 2.08. The highest BCUT2D eigenvalue weighted by atomic mass is 32.2. The number of sulfone groups is 1. The molecule has 0 bridgehead atoms. The van der Waals surface area contributed by atoms with E-state index in [9.17, 15) is 18.5 Å². The molecule has 1 N–H and O–H groups in total. The minimum absolute atomic E-state index is 0.0161. The summed E-state index contributed by atoms with van der Waals surface area (Å²) >= 11 is 0. The second kappa shape index (κ2) is 7.89. The molecule has 0 radical (unpaired) electrons. The molecule has 0 amide bonds. The Kier molecular flexibility index (Phi) is 5.12. The number of hydrogen-bond donors (Lipinski definition) is 1. The predicted molar refractivity (Wildman–Crippen MR) is 110 cm³/mol. The van der Waals surface area contributed by atoms with Crippen LogP contribution in [-0.4, -0.2) is 29.4 Å². The number of nitrogens with one attached hydrogen (secondary N) is 1. The molecule has 0 saturated heterocycles. The van der Waals surface area contributed by atoms with Crippen LogP contribution in [0, 0.1) is 11.3 Å². The standard InChI is InChI=1S/C22H16N4O3S/c23-12-16-3-1-2-4-21(16)30(28,29)19-8-5-15(6-9-19)7-10-20(27)17-11-18-14-25-26-22(18)24-13-17/h1-6,8-9,11,13-14H,7,10H2,(H,24,25,26). The van der Waals surface area contributed by atoms with Gasteiger partial charge in [-0.2, -0.15) is 10.4 Å². The van der Waals surface area contributed by atoms with E-state index < -0.39 is 9.84 Å². The van der Waals surface area contributed by atoms with Crippen molar-refractivity contribution in [3.8, 4) is 6.07 Å². The van der Waals surface area contributed by atoms with Crippen molar-refractivity contribution >= 4 is 26.7 Å². The number of fused-ring (bicyclic) bond motifs is 1. The second-order valence-corrected chi connectivity index (χ2v) is 8.63. The smallest absolute Gasteiger partial charge is 0.207 e. The van der Waals surface area contributed by atoms with Gasteiger partial charge < -0.3 is 0 Å². The van der Waals surface area contributed by atoms with Crippen molar-refractivity contribution in [2.45, 2.75) is 22.6 Å². The van der Waals surface area contributed by atoms with Crippen LogP contribution in [0.3, 0.4) is 0 Å². The van der Waals surface area contributed by atoms with E-state index in [1.807, 2.05) is 6.07 Å². The Balaban J connectivity index is 1.48. The van der Waals surface area contributed by atoms with E-state index in [0.29, 0.717) is 17.6 Å². The quantitative estimate of drug-likeness (QED) is 0.481.